The molecule has 0 radical (unpaired) electrons. The van der Waals surface area contributed by atoms with Crippen molar-refractivity contribution in [3.05, 3.63) is 16.3 Å². The highest BCUT2D eigenvalue weighted by atomic mass is 16.6. The Kier molecular flexibility index (Phi) is 4.48. The predicted octanol–water partition coefficient (Wildman–Crippen LogP) is 2.20. The fraction of sp³-hybridized carbons (Fsp3) is 0.667. The average molecular weight is 265 g/mol. The van der Waals surface area contributed by atoms with Crippen molar-refractivity contribution in [3.63, 3.8) is 0 Å². The lowest BCUT2D eigenvalue weighted by atomic mass is 10.1. The van der Waals surface area contributed by atoms with Crippen LogP contribution in [0.2, 0.25) is 0 Å². The van der Waals surface area contributed by atoms with Crippen LogP contribution in [0.25, 0.3) is 0 Å². The Balaban J connectivity index is 2.30. The molecule has 1 aromatic rings. The van der Waals surface area contributed by atoms with Crippen molar-refractivity contribution in [3.8, 4) is 0 Å². The molecule has 2 heterocycles. The maximum Gasteiger partial charge on any atom is 0.329 e. The van der Waals surface area contributed by atoms with Crippen molar-refractivity contribution >= 4 is 17.5 Å². The molecule has 2 rings (SSSR count). The molecule has 0 aromatic carbocycles. The summed E-state index contributed by atoms with van der Waals surface area (Å²) in [6, 6.07) is 0. The predicted molar refractivity (Wildman–Crippen MR) is 73.5 cm³/mol. The van der Waals surface area contributed by atoms with Crippen LogP contribution in [0.4, 0.5) is 17.5 Å². The molecule has 0 saturated carbocycles. The first-order chi connectivity index (χ1) is 9.22. The van der Waals surface area contributed by atoms with Gasteiger partial charge in [-0.1, -0.05) is 19.3 Å². The van der Waals surface area contributed by atoms with Crippen molar-refractivity contribution in [2.45, 2.75) is 32.1 Å². The van der Waals surface area contributed by atoms with E-state index in [1.807, 2.05) is 4.90 Å². The molecule has 19 heavy (non-hydrogen) atoms. The van der Waals surface area contributed by atoms with Crippen LogP contribution in [0.1, 0.15) is 32.1 Å². The minimum Gasteiger partial charge on any atom is -0.357 e. The number of aromatic nitrogens is 2. The minimum absolute atomic E-state index is 0.0143. The Bertz CT molecular complexity index is 444. The van der Waals surface area contributed by atoms with Gasteiger partial charge in [-0.2, -0.15) is 4.98 Å². The third-order valence-corrected chi connectivity index (χ3v) is 3.33. The SMILES string of the molecule is CNc1ncc([N+](=O)[O-])c(N2CCCCCCC2)n1. The molecule has 0 bridgehead atoms. The van der Waals surface area contributed by atoms with Crippen LogP contribution in [0.3, 0.4) is 0 Å². The van der Waals surface area contributed by atoms with Gasteiger partial charge in [0.1, 0.15) is 6.20 Å². The van der Waals surface area contributed by atoms with E-state index >= 15 is 0 Å². The van der Waals surface area contributed by atoms with Gasteiger partial charge in [0.15, 0.2) is 0 Å². The third kappa shape index (κ3) is 3.30. The van der Waals surface area contributed by atoms with E-state index in [2.05, 4.69) is 15.3 Å². The zero-order chi connectivity index (χ0) is 13.7. The van der Waals surface area contributed by atoms with Crippen LogP contribution in [-0.4, -0.2) is 35.0 Å². The van der Waals surface area contributed by atoms with E-state index in [1.165, 1.54) is 25.5 Å². The number of nitrogens with one attached hydrogen (secondary N) is 1. The molecular formula is C12H19N5O2. The van der Waals surface area contributed by atoms with Gasteiger partial charge in [-0.15, -0.1) is 0 Å². The standard InChI is InChI=1S/C12H19N5O2/c1-13-12-14-9-10(17(18)19)11(15-12)16-7-5-3-2-4-6-8-16/h9H,2-8H2,1H3,(H,13,14,15). The van der Waals surface area contributed by atoms with Gasteiger partial charge in [-0.05, 0) is 12.8 Å². The largest absolute Gasteiger partial charge is 0.357 e. The first kappa shape index (κ1) is 13.5. The fourth-order valence-electron chi connectivity index (χ4n) is 2.31. The van der Waals surface area contributed by atoms with Gasteiger partial charge < -0.3 is 10.2 Å². The van der Waals surface area contributed by atoms with Gasteiger partial charge in [0.2, 0.25) is 11.8 Å². The number of hydrogen-bond donors (Lipinski definition) is 1. The molecule has 1 saturated heterocycles. The summed E-state index contributed by atoms with van der Waals surface area (Å²) in [5, 5.41) is 13.9. The molecule has 1 aromatic heterocycles. The van der Waals surface area contributed by atoms with Gasteiger partial charge in [0.05, 0.1) is 4.92 Å². The van der Waals surface area contributed by atoms with Crippen molar-refractivity contribution in [2.75, 3.05) is 30.4 Å². The van der Waals surface area contributed by atoms with Crippen LogP contribution in [0, 0.1) is 10.1 Å². The van der Waals surface area contributed by atoms with Crippen LogP contribution in [-0.2, 0) is 0 Å². The summed E-state index contributed by atoms with van der Waals surface area (Å²) in [5.41, 5.74) is -0.0143. The van der Waals surface area contributed by atoms with E-state index < -0.39 is 4.92 Å². The van der Waals surface area contributed by atoms with Gasteiger partial charge in [0, 0.05) is 20.1 Å². The Morgan fingerprint density at radius 3 is 2.47 bits per heavy atom. The Morgan fingerprint density at radius 2 is 1.89 bits per heavy atom. The van der Waals surface area contributed by atoms with Crippen molar-refractivity contribution in [1.29, 1.82) is 0 Å². The fourth-order valence-corrected chi connectivity index (χ4v) is 2.31. The van der Waals surface area contributed by atoms with Crippen molar-refractivity contribution in [1.82, 2.24) is 9.97 Å². The molecule has 0 spiro atoms. The summed E-state index contributed by atoms with van der Waals surface area (Å²) in [6.07, 6.45) is 6.99. The van der Waals surface area contributed by atoms with Gasteiger partial charge in [-0.3, -0.25) is 10.1 Å². The van der Waals surface area contributed by atoms with Crippen LogP contribution in [0.15, 0.2) is 6.20 Å². The Labute approximate surface area is 112 Å². The van der Waals surface area contributed by atoms with Crippen molar-refractivity contribution < 1.29 is 4.92 Å². The van der Waals surface area contributed by atoms with Gasteiger partial charge >= 0.3 is 5.69 Å². The molecule has 0 amide bonds. The van der Waals surface area contributed by atoms with E-state index in [-0.39, 0.29) is 5.69 Å². The zero-order valence-electron chi connectivity index (χ0n) is 11.1. The second kappa shape index (κ2) is 6.31. The third-order valence-electron chi connectivity index (χ3n) is 3.33. The number of nitro groups is 1. The lowest BCUT2D eigenvalue weighted by Crippen LogP contribution is -2.29. The number of hydrogen-bond acceptors (Lipinski definition) is 6. The first-order valence-electron chi connectivity index (χ1n) is 6.66. The summed E-state index contributed by atoms with van der Waals surface area (Å²) in [7, 11) is 1.71. The van der Waals surface area contributed by atoms with Gasteiger partial charge in [-0.25, -0.2) is 4.98 Å². The molecular weight excluding hydrogens is 246 g/mol. The number of anilines is 2. The van der Waals surface area contributed by atoms with E-state index in [1.54, 1.807) is 7.05 Å². The molecule has 7 nitrogen and oxygen atoms in total. The highest BCUT2D eigenvalue weighted by Crippen LogP contribution is 2.27. The second-order valence-corrected chi connectivity index (χ2v) is 4.66. The van der Waals surface area contributed by atoms with E-state index in [9.17, 15) is 10.1 Å². The van der Waals surface area contributed by atoms with Crippen molar-refractivity contribution in [2.24, 2.45) is 0 Å². The zero-order valence-corrected chi connectivity index (χ0v) is 11.1. The van der Waals surface area contributed by atoms with Crippen LogP contribution < -0.4 is 10.2 Å². The smallest absolute Gasteiger partial charge is 0.329 e. The molecule has 0 unspecified atom stereocenters. The molecule has 1 fully saturated rings. The normalized spacial score (nSPS) is 16.6. The summed E-state index contributed by atoms with van der Waals surface area (Å²) in [6.45, 7) is 1.64. The first-order valence-corrected chi connectivity index (χ1v) is 6.66. The summed E-state index contributed by atoms with van der Waals surface area (Å²) >= 11 is 0. The maximum atomic E-state index is 11.1. The van der Waals surface area contributed by atoms with E-state index in [4.69, 9.17) is 0 Å². The molecule has 7 heteroatoms. The highest BCUT2D eigenvalue weighted by molar-refractivity contribution is 5.58. The second-order valence-electron chi connectivity index (χ2n) is 4.66. The quantitative estimate of drug-likeness (QED) is 0.666. The van der Waals surface area contributed by atoms with Crippen LogP contribution in [0.5, 0.6) is 0 Å². The minimum atomic E-state index is -0.409. The topological polar surface area (TPSA) is 84.2 Å². The molecule has 104 valence electrons. The molecule has 1 N–H and O–H groups in total. The highest BCUT2D eigenvalue weighted by Gasteiger charge is 2.23. The lowest BCUT2D eigenvalue weighted by Gasteiger charge is -2.25. The summed E-state index contributed by atoms with van der Waals surface area (Å²) in [5.74, 6) is 0.855. The molecule has 0 atom stereocenters. The molecule has 1 aliphatic heterocycles. The monoisotopic (exact) mass is 265 g/mol. The average Bonchev–Trinajstić information content (AvgIpc) is 2.37. The Hall–Kier alpha value is -1.92. The summed E-state index contributed by atoms with van der Waals surface area (Å²) < 4.78 is 0. The molecule has 0 aliphatic carbocycles. The summed E-state index contributed by atoms with van der Waals surface area (Å²) in [4.78, 5) is 20.9. The maximum absolute atomic E-state index is 11.1. The number of nitrogens with zero attached hydrogens (tertiary/aromatic N) is 4. The lowest BCUT2D eigenvalue weighted by molar-refractivity contribution is -0.384. The van der Waals surface area contributed by atoms with Gasteiger partial charge in [0.25, 0.3) is 0 Å². The van der Waals surface area contributed by atoms with E-state index in [0.29, 0.717) is 11.8 Å². The number of rotatable bonds is 3. The van der Waals surface area contributed by atoms with E-state index in [0.717, 1.165) is 25.9 Å². The molecule has 1 aliphatic rings. The van der Waals surface area contributed by atoms with Crippen LogP contribution >= 0.6 is 0 Å². The Morgan fingerprint density at radius 1 is 1.26 bits per heavy atom.